The summed E-state index contributed by atoms with van der Waals surface area (Å²) in [7, 11) is 0. The summed E-state index contributed by atoms with van der Waals surface area (Å²) < 4.78 is 5.49. The summed E-state index contributed by atoms with van der Waals surface area (Å²) in [6.07, 6.45) is 0.774. The number of nitrogens with zero attached hydrogens (tertiary/aromatic N) is 1. The van der Waals surface area contributed by atoms with E-state index >= 15 is 0 Å². The molecule has 4 rings (SSSR count). The van der Waals surface area contributed by atoms with Gasteiger partial charge in [0, 0.05) is 19.6 Å². The number of piperidine rings is 1. The average Bonchev–Trinajstić information content (AvgIpc) is 2.87. The largest absolute Gasteiger partial charge is 0.445 e. The van der Waals surface area contributed by atoms with Crippen LogP contribution in [-0.4, -0.2) is 30.0 Å². The number of hydrogen-bond donors (Lipinski definition) is 1. The summed E-state index contributed by atoms with van der Waals surface area (Å²) in [6, 6.07) is 29.4. The number of carbonyl (C=O) groups excluding carboxylic acids is 2. The van der Waals surface area contributed by atoms with E-state index in [2.05, 4.69) is 5.32 Å². The van der Waals surface area contributed by atoms with Gasteiger partial charge in [0.25, 0.3) is 0 Å². The van der Waals surface area contributed by atoms with Crippen LogP contribution in [0.4, 0.5) is 4.79 Å². The van der Waals surface area contributed by atoms with Gasteiger partial charge in [0.2, 0.25) is 5.91 Å². The minimum atomic E-state index is -0.660. The molecule has 164 valence electrons. The van der Waals surface area contributed by atoms with Crippen molar-refractivity contribution in [1.29, 1.82) is 0 Å². The van der Waals surface area contributed by atoms with E-state index in [1.807, 2.05) is 91.0 Å². The molecular formula is C27H28N2O3. The van der Waals surface area contributed by atoms with E-state index in [1.165, 1.54) is 0 Å². The van der Waals surface area contributed by atoms with Gasteiger partial charge in [-0.25, -0.2) is 4.79 Å². The van der Waals surface area contributed by atoms with Gasteiger partial charge in [0.15, 0.2) is 0 Å². The van der Waals surface area contributed by atoms with Crippen molar-refractivity contribution in [2.75, 3.05) is 13.1 Å². The Bertz CT molecular complexity index is 1010. The molecule has 0 aromatic heterocycles. The summed E-state index contributed by atoms with van der Waals surface area (Å²) in [5.74, 6) is 0.00450. The molecule has 0 bridgehead atoms. The van der Waals surface area contributed by atoms with Gasteiger partial charge >= 0.3 is 6.09 Å². The van der Waals surface area contributed by atoms with Crippen LogP contribution in [0.2, 0.25) is 0 Å². The van der Waals surface area contributed by atoms with E-state index in [4.69, 9.17) is 4.74 Å². The fourth-order valence-electron chi connectivity index (χ4n) is 4.23. The molecule has 0 radical (unpaired) electrons. The molecule has 1 N–H and O–H groups in total. The van der Waals surface area contributed by atoms with E-state index < -0.39 is 5.41 Å². The van der Waals surface area contributed by atoms with Crippen LogP contribution < -0.4 is 5.32 Å². The Labute approximate surface area is 189 Å². The zero-order valence-electron chi connectivity index (χ0n) is 18.1. The molecule has 5 heteroatoms. The molecule has 1 saturated heterocycles. The zero-order chi connectivity index (χ0) is 22.2. The van der Waals surface area contributed by atoms with Gasteiger partial charge in [0.05, 0.1) is 5.41 Å². The lowest BCUT2D eigenvalue weighted by Crippen LogP contribution is -2.52. The number of benzene rings is 3. The highest BCUT2D eigenvalue weighted by atomic mass is 16.6. The quantitative estimate of drug-likeness (QED) is 0.621. The molecule has 1 fully saturated rings. The molecule has 0 unspecified atom stereocenters. The molecule has 1 heterocycles. The summed E-state index contributed by atoms with van der Waals surface area (Å²) in [6.45, 7) is 1.68. The van der Waals surface area contributed by atoms with E-state index in [0.717, 1.165) is 16.7 Å². The Balaban J connectivity index is 1.42. The number of carbonyl (C=O) groups is 2. The van der Waals surface area contributed by atoms with E-state index in [0.29, 0.717) is 32.5 Å². The highest BCUT2D eigenvalue weighted by Gasteiger charge is 2.43. The third-order valence-corrected chi connectivity index (χ3v) is 6.14. The lowest BCUT2D eigenvalue weighted by atomic mass is 9.72. The molecule has 1 aliphatic heterocycles. The molecule has 3 aromatic rings. The van der Waals surface area contributed by atoms with Gasteiger partial charge in [-0.1, -0.05) is 91.0 Å². The maximum Gasteiger partial charge on any atom is 0.410 e. The molecule has 0 spiro atoms. The van der Waals surface area contributed by atoms with Gasteiger partial charge < -0.3 is 15.0 Å². The number of amides is 2. The zero-order valence-corrected chi connectivity index (χ0v) is 18.1. The van der Waals surface area contributed by atoms with Crippen LogP contribution in [0.15, 0.2) is 91.0 Å². The molecular weight excluding hydrogens is 400 g/mol. The fraction of sp³-hybridized carbons (Fsp3) is 0.259. The monoisotopic (exact) mass is 428 g/mol. The van der Waals surface area contributed by atoms with Crippen LogP contribution in [0.1, 0.15) is 29.5 Å². The fourth-order valence-corrected chi connectivity index (χ4v) is 4.23. The second kappa shape index (κ2) is 10.1. The number of ether oxygens (including phenoxy) is 1. The molecule has 5 nitrogen and oxygen atoms in total. The molecule has 0 saturated carbocycles. The van der Waals surface area contributed by atoms with Crippen LogP contribution in [0.25, 0.3) is 0 Å². The van der Waals surface area contributed by atoms with Crippen LogP contribution in [0.5, 0.6) is 0 Å². The maximum atomic E-state index is 13.4. The summed E-state index contributed by atoms with van der Waals surface area (Å²) in [4.78, 5) is 27.7. The Morgan fingerprint density at radius 1 is 0.781 bits per heavy atom. The van der Waals surface area contributed by atoms with E-state index in [9.17, 15) is 9.59 Å². The van der Waals surface area contributed by atoms with Gasteiger partial charge in [-0.15, -0.1) is 0 Å². The van der Waals surface area contributed by atoms with Gasteiger partial charge in [-0.3, -0.25) is 4.79 Å². The SMILES string of the molecule is O=C(OCc1ccccc1)N1CCC(C(=O)NCc2ccccc2)(c2ccccc2)CC1. The number of rotatable bonds is 6. The van der Waals surface area contributed by atoms with E-state index in [1.54, 1.807) is 4.90 Å². The lowest BCUT2D eigenvalue weighted by Gasteiger charge is -2.40. The normalized spacial score (nSPS) is 15.1. The summed E-state index contributed by atoms with van der Waals surface area (Å²) in [5, 5.41) is 3.13. The Kier molecular flexibility index (Phi) is 6.85. The number of likely N-dealkylation sites (tertiary alicyclic amines) is 1. The maximum absolute atomic E-state index is 13.4. The van der Waals surface area contributed by atoms with Crippen molar-refractivity contribution in [1.82, 2.24) is 10.2 Å². The van der Waals surface area contributed by atoms with Crippen molar-refractivity contribution in [3.8, 4) is 0 Å². The van der Waals surface area contributed by atoms with Crippen molar-refractivity contribution >= 4 is 12.0 Å². The second-order valence-electron chi connectivity index (χ2n) is 8.14. The van der Waals surface area contributed by atoms with Gasteiger partial charge in [-0.2, -0.15) is 0 Å². The number of hydrogen-bond acceptors (Lipinski definition) is 3. The number of nitrogens with one attached hydrogen (secondary N) is 1. The second-order valence-corrected chi connectivity index (χ2v) is 8.14. The van der Waals surface area contributed by atoms with Crippen molar-refractivity contribution in [2.24, 2.45) is 0 Å². The van der Waals surface area contributed by atoms with Crippen molar-refractivity contribution in [3.63, 3.8) is 0 Å². The van der Waals surface area contributed by atoms with Crippen molar-refractivity contribution < 1.29 is 14.3 Å². The topological polar surface area (TPSA) is 58.6 Å². The smallest absolute Gasteiger partial charge is 0.410 e. The first-order valence-corrected chi connectivity index (χ1v) is 11.0. The Morgan fingerprint density at radius 3 is 1.91 bits per heavy atom. The third-order valence-electron chi connectivity index (χ3n) is 6.14. The first kappa shape index (κ1) is 21.6. The Hall–Kier alpha value is -3.60. The highest BCUT2D eigenvalue weighted by molar-refractivity contribution is 5.88. The molecule has 1 aliphatic rings. The van der Waals surface area contributed by atoms with Crippen LogP contribution in [-0.2, 0) is 28.1 Å². The highest BCUT2D eigenvalue weighted by Crippen LogP contribution is 2.36. The van der Waals surface area contributed by atoms with E-state index in [-0.39, 0.29) is 18.6 Å². The van der Waals surface area contributed by atoms with Crippen LogP contribution in [0, 0.1) is 0 Å². The first-order chi connectivity index (χ1) is 15.7. The first-order valence-electron chi connectivity index (χ1n) is 11.0. The Morgan fingerprint density at radius 2 is 1.31 bits per heavy atom. The standard InChI is InChI=1S/C27H28N2O3/c30-25(28-20-22-10-4-1-5-11-22)27(24-14-8-3-9-15-24)16-18-29(19-17-27)26(31)32-21-23-12-6-2-7-13-23/h1-15H,16-21H2,(H,28,30). The predicted molar refractivity (Wildman–Crippen MR) is 124 cm³/mol. The molecule has 0 atom stereocenters. The lowest BCUT2D eigenvalue weighted by molar-refractivity contribution is -0.128. The molecule has 3 aromatic carbocycles. The minimum Gasteiger partial charge on any atom is -0.445 e. The van der Waals surface area contributed by atoms with Crippen molar-refractivity contribution in [2.45, 2.75) is 31.4 Å². The molecule has 0 aliphatic carbocycles. The van der Waals surface area contributed by atoms with Crippen LogP contribution in [0.3, 0.4) is 0 Å². The molecule has 32 heavy (non-hydrogen) atoms. The van der Waals surface area contributed by atoms with Crippen molar-refractivity contribution in [3.05, 3.63) is 108 Å². The predicted octanol–water partition coefficient (Wildman–Crippen LogP) is 4.67. The molecule has 2 amide bonds. The summed E-state index contributed by atoms with van der Waals surface area (Å²) >= 11 is 0. The minimum absolute atomic E-state index is 0.00450. The average molecular weight is 429 g/mol. The third kappa shape index (κ3) is 4.99. The summed E-state index contributed by atoms with van der Waals surface area (Å²) in [5.41, 5.74) is 2.34. The van der Waals surface area contributed by atoms with Gasteiger partial charge in [-0.05, 0) is 29.5 Å². The van der Waals surface area contributed by atoms with Crippen LogP contribution >= 0.6 is 0 Å². The van der Waals surface area contributed by atoms with Gasteiger partial charge in [0.1, 0.15) is 6.61 Å².